The number of nitrogens with zero attached hydrogens (tertiary/aromatic N) is 3. The van der Waals surface area contributed by atoms with Gasteiger partial charge in [-0.15, -0.1) is 0 Å². The first kappa shape index (κ1) is 24.7. The number of nitro groups is 2. The molecule has 172 valence electrons. The maximum absolute atomic E-state index is 13.1. The quantitative estimate of drug-likeness (QED) is 0.294. The van der Waals surface area contributed by atoms with Crippen molar-refractivity contribution in [3.63, 3.8) is 0 Å². The minimum Gasteiger partial charge on any atom is -0.382 e. The SMILES string of the molecule is CCS(=O)(=O)Oc1ccc(CN(CC(C)C)C(=O)c2cc([N+](=O)[O-])cc([N+](=O)[O-])c2)cc1. The zero-order valence-electron chi connectivity index (χ0n) is 17.8. The van der Waals surface area contributed by atoms with Crippen molar-refractivity contribution < 1.29 is 27.2 Å². The van der Waals surface area contributed by atoms with Crippen molar-refractivity contribution in [1.29, 1.82) is 0 Å². The van der Waals surface area contributed by atoms with Crippen LogP contribution in [0.25, 0.3) is 0 Å². The summed E-state index contributed by atoms with van der Waals surface area (Å²) in [6.45, 7) is 5.61. The van der Waals surface area contributed by atoms with Crippen molar-refractivity contribution in [2.45, 2.75) is 27.3 Å². The van der Waals surface area contributed by atoms with E-state index in [0.29, 0.717) is 5.56 Å². The number of hydrogen-bond acceptors (Lipinski definition) is 8. The molecule has 0 aromatic heterocycles. The van der Waals surface area contributed by atoms with Crippen molar-refractivity contribution in [3.05, 3.63) is 73.8 Å². The molecular formula is C20H23N3O8S. The molecule has 0 spiro atoms. The standard InChI is InChI=1S/C20H23N3O8S/c1-4-32(29,30)31-19-7-5-15(6-8-19)13-21(12-14(2)3)20(24)16-9-17(22(25)26)11-18(10-16)23(27)28/h5-11,14H,4,12-13H2,1-3H3. The van der Waals surface area contributed by atoms with Gasteiger partial charge in [0.25, 0.3) is 17.3 Å². The molecule has 0 saturated heterocycles. The Kier molecular flexibility index (Phi) is 7.87. The van der Waals surface area contributed by atoms with Gasteiger partial charge in [-0.25, -0.2) is 0 Å². The summed E-state index contributed by atoms with van der Waals surface area (Å²) in [5.74, 6) is -0.600. The Morgan fingerprint density at radius 3 is 2.00 bits per heavy atom. The molecule has 11 nitrogen and oxygen atoms in total. The summed E-state index contributed by atoms with van der Waals surface area (Å²) in [6, 6.07) is 8.92. The Hall–Kier alpha value is -3.54. The molecule has 1 amide bonds. The van der Waals surface area contributed by atoms with Gasteiger partial charge in [0.15, 0.2) is 0 Å². The van der Waals surface area contributed by atoms with Gasteiger partial charge in [-0.3, -0.25) is 25.0 Å². The molecule has 0 fully saturated rings. The fourth-order valence-electron chi connectivity index (χ4n) is 2.85. The van der Waals surface area contributed by atoms with E-state index < -0.39 is 37.2 Å². The highest BCUT2D eigenvalue weighted by Gasteiger charge is 2.24. The molecular weight excluding hydrogens is 442 g/mol. The fraction of sp³-hybridized carbons (Fsp3) is 0.350. The van der Waals surface area contributed by atoms with Crippen LogP contribution in [0.15, 0.2) is 42.5 Å². The monoisotopic (exact) mass is 465 g/mol. The van der Waals surface area contributed by atoms with Gasteiger partial charge in [0.1, 0.15) is 5.75 Å². The van der Waals surface area contributed by atoms with E-state index in [0.717, 1.165) is 18.2 Å². The fourth-order valence-corrected chi connectivity index (χ4v) is 3.37. The smallest absolute Gasteiger partial charge is 0.308 e. The summed E-state index contributed by atoms with van der Waals surface area (Å²) < 4.78 is 28.1. The molecule has 2 aromatic rings. The maximum atomic E-state index is 13.1. The van der Waals surface area contributed by atoms with Gasteiger partial charge in [-0.05, 0) is 30.5 Å². The zero-order valence-corrected chi connectivity index (χ0v) is 18.6. The molecule has 0 aliphatic rings. The molecule has 0 heterocycles. The predicted octanol–water partition coefficient (Wildman–Crippen LogP) is 3.53. The Balaban J connectivity index is 2.33. The molecule has 0 saturated carbocycles. The average Bonchev–Trinajstić information content (AvgIpc) is 2.73. The molecule has 0 radical (unpaired) electrons. The number of hydrogen-bond donors (Lipinski definition) is 0. The van der Waals surface area contributed by atoms with Gasteiger partial charge in [0.2, 0.25) is 0 Å². The van der Waals surface area contributed by atoms with E-state index >= 15 is 0 Å². The lowest BCUT2D eigenvalue weighted by Crippen LogP contribution is -2.33. The number of non-ortho nitro benzene ring substituents is 2. The minimum atomic E-state index is -3.67. The maximum Gasteiger partial charge on any atom is 0.308 e. The van der Waals surface area contributed by atoms with Gasteiger partial charge in [-0.1, -0.05) is 26.0 Å². The van der Waals surface area contributed by atoms with Gasteiger partial charge in [-0.2, -0.15) is 8.42 Å². The number of carbonyl (C=O) groups is 1. The van der Waals surface area contributed by atoms with Crippen LogP contribution in [0.4, 0.5) is 11.4 Å². The number of amides is 1. The van der Waals surface area contributed by atoms with Crippen LogP contribution >= 0.6 is 0 Å². The minimum absolute atomic E-state index is 0.0462. The van der Waals surface area contributed by atoms with E-state index in [1.165, 1.54) is 24.0 Å². The lowest BCUT2D eigenvalue weighted by Gasteiger charge is -2.25. The molecule has 0 N–H and O–H groups in total. The van der Waals surface area contributed by atoms with Gasteiger partial charge in [0.05, 0.1) is 27.2 Å². The second-order valence-corrected chi connectivity index (χ2v) is 9.26. The Labute approximate surface area is 185 Å². The van der Waals surface area contributed by atoms with Crippen molar-refractivity contribution in [1.82, 2.24) is 4.90 Å². The van der Waals surface area contributed by atoms with Crippen LogP contribution in [-0.4, -0.2) is 41.4 Å². The third-order valence-corrected chi connectivity index (χ3v) is 5.47. The first-order chi connectivity index (χ1) is 14.9. The predicted molar refractivity (Wildman–Crippen MR) is 116 cm³/mol. The van der Waals surface area contributed by atoms with Gasteiger partial charge < -0.3 is 9.08 Å². The first-order valence-electron chi connectivity index (χ1n) is 9.66. The summed E-state index contributed by atoms with van der Waals surface area (Å²) in [5.41, 5.74) is -0.614. The van der Waals surface area contributed by atoms with E-state index in [1.807, 2.05) is 13.8 Å². The molecule has 0 unspecified atom stereocenters. The van der Waals surface area contributed by atoms with Gasteiger partial charge in [0, 0.05) is 25.2 Å². The Morgan fingerprint density at radius 1 is 1.03 bits per heavy atom. The van der Waals surface area contributed by atoms with Crippen molar-refractivity contribution in [2.75, 3.05) is 12.3 Å². The Morgan fingerprint density at radius 2 is 1.56 bits per heavy atom. The highest BCUT2D eigenvalue weighted by atomic mass is 32.2. The summed E-state index contributed by atoms with van der Waals surface area (Å²) in [7, 11) is -3.67. The topological polar surface area (TPSA) is 150 Å². The molecule has 0 bridgehead atoms. The molecule has 0 atom stereocenters. The van der Waals surface area contributed by atoms with Crippen molar-refractivity contribution in [3.8, 4) is 5.75 Å². The van der Waals surface area contributed by atoms with E-state index in [4.69, 9.17) is 4.18 Å². The van der Waals surface area contributed by atoms with Crippen LogP contribution in [0.1, 0.15) is 36.7 Å². The van der Waals surface area contributed by atoms with Crippen LogP contribution < -0.4 is 4.18 Å². The van der Waals surface area contributed by atoms with Crippen LogP contribution in [-0.2, 0) is 16.7 Å². The third kappa shape index (κ3) is 6.74. The first-order valence-corrected chi connectivity index (χ1v) is 11.2. The second-order valence-electron chi connectivity index (χ2n) is 7.41. The molecule has 0 aliphatic heterocycles. The lowest BCUT2D eigenvalue weighted by atomic mass is 10.1. The number of nitro benzene ring substituents is 2. The number of carbonyl (C=O) groups excluding carboxylic acids is 1. The van der Waals surface area contributed by atoms with Crippen LogP contribution in [0.5, 0.6) is 5.75 Å². The Bertz CT molecular complexity index is 1080. The van der Waals surface area contributed by atoms with Gasteiger partial charge >= 0.3 is 10.1 Å². The summed E-state index contributed by atoms with van der Waals surface area (Å²) >= 11 is 0. The summed E-state index contributed by atoms with van der Waals surface area (Å²) in [5, 5.41) is 22.3. The van der Waals surface area contributed by atoms with E-state index in [2.05, 4.69) is 0 Å². The molecule has 32 heavy (non-hydrogen) atoms. The molecule has 2 aromatic carbocycles. The van der Waals surface area contributed by atoms with Crippen molar-refractivity contribution in [2.24, 2.45) is 5.92 Å². The van der Waals surface area contributed by atoms with Crippen molar-refractivity contribution >= 4 is 27.4 Å². The van der Waals surface area contributed by atoms with Crippen LogP contribution in [0.3, 0.4) is 0 Å². The van der Waals surface area contributed by atoms with E-state index in [9.17, 15) is 33.4 Å². The summed E-state index contributed by atoms with van der Waals surface area (Å²) in [4.78, 5) is 35.2. The normalized spacial score (nSPS) is 11.2. The highest BCUT2D eigenvalue weighted by molar-refractivity contribution is 7.87. The van der Waals surface area contributed by atoms with E-state index in [1.54, 1.807) is 12.1 Å². The lowest BCUT2D eigenvalue weighted by molar-refractivity contribution is -0.394. The highest BCUT2D eigenvalue weighted by Crippen LogP contribution is 2.25. The molecule has 0 aliphatic carbocycles. The average molecular weight is 465 g/mol. The number of benzene rings is 2. The third-order valence-electron chi connectivity index (χ3n) is 4.32. The zero-order chi connectivity index (χ0) is 24.1. The number of rotatable bonds is 10. The second kappa shape index (κ2) is 10.2. The van der Waals surface area contributed by atoms with Crippen LogP contribution in [0.2, 0.25) is 0 Å². The molecule has 12 heteroatoms. The largest absolute Gasteiger partial charge is 0.382 e. The van der Waals surface area contributed by atoms with E-state index in [-0.39, 0.29) is 36.1 Å². The summed E-state index contributed by atoms with van der Waals surface area (Å²) in [6.07, 6.45) is 0. The van der Waals surface area contributed by atoms with Crippen LogP contribution in [0, 0.1) is 26.1 Å². The molecule has 2 rings (SSSR count).